The maximum absolute atomic E-state index is 14.0. The van der Waals surface area contributed by atoms with Crippen LogP contribution in [0, 0.1) is 5.82 Å². The molecule has 5 rings (SSSR count). The summed E-state index contributed by atoms with van der Waals surface area (Å²) in [6.45, 7) is 1.20. The number of rotatable bonds is 5. The molecule has 0 aliphatic carbocycles. The zero-order valence-electron chi connectivity index (χ0n) is 18.9. The molecule has 2 aliphatic rings. The summed E-state index contributed by atoms with van der Waals surface area (Å²) in [4.78, 5) is 24.0. The first-order valence-electron chi connectivity index (χ1n) is 11.1. The van der Waals surface area contributed by atoms with Gasteiger partial charge in [0, 0.05) is 18.1 Å². The van der Waals surface area contributed by atoms with Gasteiger partial charge in [0.1, 0.15) is 29.8 Å². The molecule has 188 valence electrons. The minimum atomic E-state index is -1.51. The van der Waals surface area contributed by atoms with Crippen molar-refractivity contribution in [1.29, 1.82) is 0 Å². The van der Waals surface area contributed by atoms with Crippen LogP contribution in [0.25, 0.3) is 11.3 Å². The van der Waals surface area contributed by atoms with E-state index in [1.54, 1.807) is 6.07 Å². The number of halogens is 2. The lowest BCUT2D eigenvalue weighted by Gasteiger charge is -2.47. The van der Waals surface area contributed by atoms with Gasteiger partial charge in [-0.2, -0.15) is 0 Å². The minimum Gasteiger partial charge on any atom is -0.479 e. The van der Waals surface area contributed by atoms with Gasteiger partial charge in [0.25, 0.3) is 0 Å². The highest BCUT2D eigenvalue weighted by Crippen LogP contribution is 2.40. The largest absolute Gasteiger partial charge is 0.479 e. The van der Waals surface area contributed by atoms with E-state index in [2.05, 4.69) is 10.3 Å². The average molecular weight is 518 g/mol. The summed E-state index contributed by atoms with van der Waals surface area (Å²) in [5.74, 6) is -2.66. The van der Waals surface area contributed by atoms with Crippen LogP contribution < -0.4 is 0 Å². The SMILES string of the molecule is CC(=O)O[C@@H]1[C@@H](n2cc(-c3ccc(Cl)c(F)c3)nn2)[C@H]2O[C@@H](c3ccccc3)OC[C@H]2O[C@H]1C(=O)O. The standard InChI is InChI=1S/C24H21ClFN3O7/c1-12(30)34-21-19(29-10-17(27-28-29)14-7-8-15(25)16(26)9-14)20-18(35-22(21)23(31)32)11-33-24(36-20)13-5-3-2-4-6-13/h2-10,18-22,24H,11H2,1H3,(H,31,32)/t18-,19+,20+,21-,22-,24+/m1/s1. The maximum Gasteiger partial charge on any atom is 0.336 e. The van der Waals surface area contributed by atoms with Crippen LogP contribution >= 0.6 is 11.6 Å². The number of carboxylic acids is 1. The van der Waals surface area contributed by atoms with Crippen LogP contribution in [0.4, 0.5) is 4.39 Å². The van der Waals surface area contributed by atoms with E-state index in [0.717, 1.165) is 5.56 Å². The fourth-order valence-electron chi connectivity index (χ4n) is 4.41. The van der Waals surface area contributed by atoms with Gasteiger partial charge >= 0.3 is 11.9 Å². The molecule has 0 radical (unpaired) electrons. The Labute approximate surface area is 209 Å². The molecule has 1 aromatic heterocycles. The van der Waals surface area contributed by atoms with Crippen LogP contribution in [0.3, 0.4) is 0 Å². The molecular weight excluding hydrogens is 497 g/mol. The molecule has 2 aliphatic heterocycles. The highest BCUT2D eigenvalue weighted by atomic mass is 35.5. The van der Waals surface area contributed by atoms with Gasteiger partial charge in [-0.05, 0) is 12.1 Å². The molecule has 2 saturated heterocycles. The van der Waals surface area contributed by atoms with Crippen LogP contribution in [0.2, 0.25) is 5.02 Å². The average Bonchev–Trinajstić information content (AvgIpc) is 3.35. The van der Waals surface area contributed by atoms with Crippen LogP contribution in [-0.2, 0) is 28.5 Å². The van der Waals surface area contributed by atoms with Gasteiger partial charge in [0.2, 0.25) is 0 Å². The fraction of sp³-hybridized carbons (Fsp3) is 0.333. The monoisotopic (exact) mass is 517 g/mol. The Balaban J connectivity index is 1.55. The molecule has 12 heteroatoms. The Morgan fingerprint density at radius 2 is 1.97 bits per heavy atom. The number of fused-ring (bicyclic) bond motifs is 1. The van der Waals surface area contributed by atoms with Crippen LogP contribution in [-0.4, -0.2) is 63.1 Å². The normalized spacial score (nSPS) is 27.8. The number of hydrogen-bond donors (Lipinski definition) is 1. The molecule has 36 heavy (non-hydrogen) atoms. The molecule has 3 heterocycles. The second kappa shape index (κ2) is 9.94. The van der Waals surface area contributed by atoms with Crippen LogP contribution in [0.1, 0.15) is 24.8 Å². The number of nitrogens with zero attached hydrogens (tertiary/aromatic N) is 3. The first-order valence-corrected chi connectivity index (χ1v) is 11.4. The third-order valence-electron chi connectivity index (χ3n) is 6.00. The van der Waals surface area contributed by atoms with Crippen molar-refractivity contribution in [1.82, 2.24) is 15.0 Å². The topological polar surface area (TPSA) is 122 Å². The molecule has 3 aromatic rings. The highest BCUT2D eigenvalue weighted by molar-refractivity contribution is 6.30. The van der Waals surface area contributed by atoms with Gasteiger partial charge in [-0.25, -0.2) is 13.9 Å². The van der Waals surface area contributed by atoms with Crippen molar-refractivity contribution in [2.45, 2.75) is 43.7 Å². The Morgan fingerprint density at radius 3 is 2.67 bits per heavy atom. The Morgan fingerprint density at radius 1 is 1.19 bits per heavy atom. The molecule has 1 N–H and O–H groups in total. The molecule has 10 nitrogen and oxygen atoms in total. The van der Waals surface area contributed by atoms with E-state index < -0.39 is 54.5 Å². The number of ether oxygens (including phenoxy) is 4. The molecule has 0 unspecified atom stereocenters. The van der Waals surface area contributed by atoms with E-state index in [-0.39, 0.29) is 11.6 Å². The van der Waals surface area contributed by atoms with E-state index >= 15 is 0 Å². The van der Waals surface area contributed by atoms with E-state index in [0.29, 0.717) is 11.3 Å². The van der Waals surface area contributed by atoms with Crippen LogP contribution in [0.5, 0.6) is 0 Å². The molecule has 2 fully saturated rings. The quantitative estimate of drug-likeness (QED) is 0.508. The number of aliphatic carboxylic acids is 1. The zero-order valence-corrected chi connectivity index (χ0v) is 19.6. The summed E-state index contributed by atoms with van der Waals surface area (Å²) in [6, 6.07) is 12.4. The van der Waals surface area contributed by atoms with E-state index in [9.17, 15) is 19.1 Å². The second-order valence-corrected chi connectivity index (χ2v) is 8.79. The van der Waals surface area contributed by atoms with Crippen molar-refractivity contribution in [3.8, 4) is 11.3 Å². The first-order chi connectivity index (χ1) is 17.3. The number of carboxylic acid groups (broad SMARTS) is 1. The van der Waals surface area contributed by atoms with Crippen LogP contribution in [0.15, 0.2) is 54.7 Å². The van der Waals surface area contributed by atoms with Gasteiger partial charge in [-0.3, -0.25) is 4.79 Å². The molecule has 0 bridgehead atoms. The summed E-state index contributed by atoms with van der Waals surface area (Å²) in [7, 11) is 0. The van der Waals surface area contributed by atoms with Crippen molar-refractivity contribution < 1.29 is 38.0 Å². The lowest BCUT2D eigenvalue weighted by atomic mass is 9.91. The molecule has 0 amide bonds. The van der Waals surface area contributed by atoms with Crippen molar-refractivity contribution in [2.75, 3.05) is 6.61 Å². The Hall–Kier alpha value is -3.38. The molecule has 6 atom stereocenters. The lowest BCUT2D eigenvalue weighted by molar-refractivity contribution is -0.315. The molecule has 0 spiro atoms. The van der Waals surface area contributed by atoms with Crippen molar-refractivity contribution in [3.63, 3.8) is 0 Å². The lowest BCUT2D eigenvalue weighted by Crippen LogP contribution is -2.62. The molecule has 2 aromatic carbocycles. The Kier molecular flexibility index (Phi) is 6.71. The fourth-order valence-corrected chi connectivity index (χ4v) is 4.53. The van der Waals surface area contributed by atoms with Gasteiger partial charge in [-0.15, -0.1) is 5.10 Å². The number of carbonyl (C=O) groups is 2. The third-order valence-corrected chi connectivity index (χ3v) is 6.31. The van der Waals surface area contributed by atoms with E-state index in [1.807, 2.05) is 30.3 Å². The highest BCUT2D eigenvalue weighted by Gasteiger charge is 2.55. The summed E-state index contributed by atoms with van der Waals surface area (Å²) in [6.07, 6.45) is -3.70. The van der Waals surface area contributed by atoms with Gasteiger partial charge in [0.15, 0.2) is 18.5 Å². The third kappa shape index (κ3) is 4.70. The van der Waals surface area contributed by atoms with Gasteiger partial charge in [-0.1, -0.05) is 53.2 Å². The van der Waals surface area contributed by atoms with E-state index in [4.69, 9.17) is 30.5 Å². The predicted molar refractivity (Wildman–Crippen MR) is 121 cm³/mol. The number of esters is 1. The van der Waals surface area contributed by atoms with Gasteiger partial charge < -0.3 is 24.1 Å². The van der Waals surface area contributed by atoms with Crippen molar-refractivity contribution in [2.24, 2.45) is 0 Å². The summed E-state index contributed by atoms with van der Waals surface area (Å²) < 4.78 is 38.7. The first kappa shape index (κ1) is 24.3. The smallest absolute Gasteiger partial charge is 0.336 e. The van der Waals surface area contributed by atoms with E-state index in [1.165, 1.54) is 29.9 Å². The number of benzene rings is 2. The van der Waals surface area contributed by atoms with Gasteiger partial charge in [0.05, 0.1) is 17.8 Å². The summed E-state index contributed by atoms with van der Waals surface area (Å²) in [5, 5.41) is 18.1. The summed E-state index contributed by atoms with van der Waals surface area (Å²) in [5.41, 5.74) is 1.45. The minimum absolute atomic E-state index is 0.0290. The number of hydrogen-bond acceptors (Lipinski definition) is 8. The predicted octanol–water partition coefficient (Wildman–Crippen LogP) is 3.18. The Bertz CT molecular complexity index is 1270. The molecular formula is C24H21ClFN3O7. The summed E-state index contributed by atoms with van der Waals surface area (Å²) >= 11 is 5.79. The number of carbonyl (C=O) groups excluding carboxylic acids is 1. The molecule has 0 saturated carbocycles. The maximum atomic E-state index is 14.0. The zero-order chi connectivity index (χ0) is 25.4. The van der Waals surface area contributed by atoms with Crippen molar-refractivity contribution in [3.05, 3.63) is 71.1 Å². The second-order valence-electron chi connectivity index (χ2n) is 8.39. The van der Waals surface area contributed by atoms with Crippen molar-refractivity contribution >= 4 is 23.5 Å². The number of aromatic nitrogens is 3.